The van der Waals surface area contributed by atoms with E-state index in [0.29, 0.717) is 12.8 Å². The lowest BCUT2D eigenvalue weighted by Gasteiger charge is -2.26. The van der Waals surface area contributed by atoms with Gasteiger partial charge in [0.05, 0.1) is 18.8 Å². The first-order valence-corrected chi connectivity index (χ1v) is 24.1. The number of nitrogens with one attached hydrogen (secondary N) is 1. The van der Waals surface area contributed by atoms with Gasteiger partial charge in [0.15, 0.2) is 0 Å². The van der Waals surface area contributed by atoms with E-state index in [1.54, 1.807) is 0 Å². The van der Waals surface area contributed by atoms with Crippen molar-refractivity contribution in [2.75, 3.05) is 6.61 Å². The van der Waals surface area contributed by atoms with Crippen LogP contribution in [0.25, 0.3) is 0 Å². The molecule has 4 N–H and O–H groups in total. The van der Waals surface area contributed by atoms with Crippen molar-refractivity contribution in [2.24, 2.45) is 0 Å². The molecule has 3 atom stereocenters. The summed E-state index contributed by atoms with van der Waals surface area (Å²) >= 11 is 0. The Hall–Kier alpha value is -1.17. The van der Waals surface area contributed by atoms with Crippen LogP contribution in [0, 0.1) is 0 Å². The maximum absolute atomic E-state index is 12.5. The molecule has 3 unspecified atom stereocenters. The zero-order chi connectivity index (χ0) is 39.4. The summed E-state index contributed by atoms with van der Waals surface area (Å²) in [6.07, 6.45) is 54.4. The highest BCUT2D eigenvalue weighted by molar-refractivity contribution is 5.76. The number of aliphatic hydroxyl groups excluding tert-OH is 3. The smallest absolute Gasteiger partial charge is 0.220 e. The van der Waals surface area contributed by atoms with Gasteiger partial charge < -0.3 is 20.6 Å². The maximum atomic E-state index is 12.5. The second-order valence-corrected chi connectivity index (χ2v) is 16.7. The van der Waals surface area contributed by atoms with Crippen molar-refractivity contribution < 1.29 is 20.1 Å². The van der Waals surface area contributed by atoms with Crippen LogP contribution >= 0.6 is 0 Å². The third-order valence-corrected chi connectivity index (χ3v) is 11.3. The van der Waals surface area contributed by atoms with Gasteiger partial charge in [0.1, 0.15) is 6.10 Å². The van der Waals surface area contributed by atoms with Crippen LogP contribution in [0.2, 0.25) is 0 Å². The molecular weight excluding hydrogens is 667 g/mol. The van der Waals surface area contributed by atoms with Gasteiger partial charge in [-0.05, 0) is 64.2 Å². The van der Waals surface area contributed by atoms with Crippen molar-refractivity contribution in [3.05, 3.63) is 24.3 Å². The maximum Gasteiger partial charge on any atom is 0.220 e. The molecule has 0 aliphatic heterocycles. The van der Waals surface area contributed by atoms with Gasteiger partial charge in [0, 0.05) is 6.42 Å². The zero-order valence-corrected chi connectivity index (χ0v) is 36.4. The van der Waals surface area contributed by atoms with E-state index in [4.69, 9.17) is 0 Å². The zero-order valence-electron chi connectivity index (χ0n) is 36.4. The normalized spacial score (nSPS) is 13.6. The van der Waals surface area contributed by atoms with Crippen molar-refractivity contribution in [1.82, 2.24) is 5.32 Å². The predicted molar refractivity (Wildman–Crippen MR) is 236 cm³/mol. The number of hydrogen-bond donors (Lipinski definition) is 4. The third kappa shape index (κ3) is 39.1. The summed E-state index contributed by atoms with van der Waals surface area (Å²) < 4.78 is 0. The average molecular weight is 762 g/mol. The Kier molecular flexibility index (Phi) is 43.6. The molecule has 0 aromatic heterocycles. The molecule has 0 radical (unpaired) electrons. The largest absolute Gasteiger partial charge is 0.394 e. The van der Waals surface area contributed by atoms with Crippen molar-refractivity contribution in [2.45, 2.75) is 276 Å². The molecule has 0 rings (SSSR count). The van der Waals surface area contributed by atoms with Crippen LogP contribution in [0.3, 0.4) is 0 Å². The SMILES string of the molecule is CCCCCCCCCCCC/C=C\CCCCCCCCCC(=O)NC(CO)C(O)C(O)CCC/C=C/CCCCCCCCCCCCCCCC. The van der Waals surface area contributed by atoms with E-state index < -0.39 is 18.2 Å². The van der Waals surface area contributed by atoms with E-state index in [2.05, 4.69) is 43.5 Å². The standard InChI is InChI=1S/C49H95NO4/c1-3-5-7-9-11-13-15-17-19-21-23-24-26-28-30-32-34-36-38-40-42-44-48(53)50-46(45-51)49(54)47(52)43-41-39-37-35-33-31-29-27-25-22-20-18-16-14-12-10-8-6-4-2/h24,26,35,37,46-47,49,51-52,54H,3-23,25,27-34,36,38-45H2,1-2H3,(H,50,53)/b26-24-,37-35+. The molecule has 0 aromatic carbocycles. The summed E-state index contributed by atoms with van der Waals surface area (Å²) in [7, 11) is 0. The van der Waals surface area contributed by atoms with E-state index in [0.717, 1.165) is 38.5 Å². The lowest BCUT2D eigenvalue weighted by Crippen LogP contribution is -2.50. The summed E-state index contributed by atoms with van der Waals surface area (Å²) in [6.45, 7) is 4.19. The Labute approximate surface area is 337 Å². The molecule has 5 nitrogen and oxygen atoms in total. The summed E-state index contributed by atoms with van der Waals surface area (Å²) in [6, 6.07) is -0.827. The molecule has 0 saturated carbocycles. The highest BCUT2D eigenvalue weighted by Crippen LogP contribution is 2.16. The number of allylic oxidation sites excluding steroid dienone is 4. The molecule has 320 valence electrons. The van der Waals surface area contributed by atoms with Gasteiger partial charge in [-0.3, -0.25) is 4.79 Å². The van der Waals surface area contributed by atoms with Gasteiger partial charge >= 0.3 is 0 Å². The van der Waals surface area contributed by atoms with Crippen LogP contribution in [0.5, 0.6) is 0 Å². The fourth-order valence-corrected chi connectivity index (χ4v) is 7.51. The van der Waals surface area contributed by atoms with Crippen LogP contribution in [-0.2, 0) is 4.79 Å². The molecule has 5 heteroatoms. The van der Waals surface area contributed by atoms with E-state index >= 15 is 0 Å². The second-order valence-electron chi connectivity index (χ2n) is 16.7. The Morgan fingerprint density at radius 2 is 0.741 bits per heavy atom. The van der Waals surface area contributed by atoms with Crippen LogP contribution in [0.4, 0.5) is 0 Å². The number of carbonyl (C=O) groups excluding carboxylic acids is 1. The minimum absolute atomic E-state index is 0.156. The first kappa shape index (κ1) is 52.8. The highest BCUT2D eigenvalue weighted by Gasteiger charge is 2.26. The number of hydrogen-bond acceptors (Lipinski definition) is 4. The van der Waals surface area contributed by atoms with Gasteiger partial charge in [-0.25, -0.2) is 0 Å². The lowest BCUT2D eigenvalue weighted by molar-refractivity contribution is -0.124. The number of unbranched alkanes of at least 4 members (excludes halogenated alkanes) is 32. The number of amides is 1. The molecular formula is C49H95NO4. The molecule has 0 spiro atoms. The molecule has 0 bridgehead atoms. The highest BCUT2D eigenvalue weighted by atomic mass is 16.3. The van der Waals surface area contributed by atoms with Crippen LogP contribution in [-0.4, -0.2) is 46.1 Å². The molecule has 54 heavy (non-hydrogen) atoms. The second kappa shape index (κ2) is 44.5. The van der Waals surface area contributed by atoms with E-state index in [1.807, 2.05) is 0 Å². The van der Waals surface area contributed by atoms with Crippen LogP contribution in [0.15, 0.2) is 24.3 Å². The Balaban J connectivity index is 3.63. The number of aliphatic hydroxyl groups is 3. The molecule has 1 amide bonds. The van der Waals surface area contributed by atoms with Crippen molar-refractivity contribution in [3.63, 3.8) is 0 Å². The van der Waals surface area contributed by atoms with Gasteiger partial charge in [-0.2, -0.15) is 0 Å². The number of carbonyl (C=O) groups is 1. The molecule has 0 aliphatic rings. The Morgan fingerprint density at radius 3 is 1.07 bits per heavy atom. The van der Waals surface area contributed by atoms with Gasteiger partial charge in [0.2, 0.25) is 5.91 Å². The average Bonchev–Trinajstić information content (AvgIpc) is 3.18. The Morgan fingerprint density at radius 1 is 0.444 bits per heavy atom. The van der Waals surface area contributed by atoms with E-state index in [-0.39, 0.29) is 12.5 Å². The van der Waals surface area contributed by atoms with Crippen molar-refractivity contribution in [1.29, 1.82) is 0 Å². The predicted octanol–water partition coefficient (Wildman–Crippen LogP) is 14.2. The van der Waals surface area contributed by atoms with Crippen molar-refractivity contribution in [3.8, 4) is 0 Å². The van der Waals surface area contributed by atoms with Crippen LogP contribution < -0.4 is 5.32 Å². The molecule has 0 aliphatic carbocycles. The monoisotopic (exact) mass is 762 g/mol. The van der Waals surface area contributed by atoms with Gasteiger partial charge in [0.25, 0.3) is 0 Å². The number of rotatable bonds is 44. The van der Waals surface area contributed by atoms with Gasteiger partial charge in [-0.15, -0.1) is 0 Å². The first-order chi connectivity index (χ1) is 26.6. The fraction of sp³-hybridized carbons (Fsp3) is 0.898. The van der Waals surface area contributed by atoms with E-state index in [9.17, 15) is 20.1 Å². The summed E-state index contributed by atoms with van der Waals surface area (Å²) in [4.78, 5) is 12.5. The van der Waals surface area contributed by atoms with Crippen molar-refractivity contribution >= 4 is 5.91 Å². The van der Waals surface area contributed by atoms with Crippen LogP contribution in [0.1, 0.15) is 258 Å². The minimum atomic E-state index is -1.16. The molecule has 0 saturated heterocycles. The quantitative estimate of drug-likeness (QED) is 0.0368. The molecule has 0 aromatic rings. The minimum Gasteiger partial charge on any atom is -0.394 e. The fourth-order valence-electron chi connectivity index (χ4n) is 7.51. The summed E-state index contributed by atoms with van der Waals surface area (Å²) in [5, 5.41) is 33.6. The third-order valence-electron chi connectivity index (χ3n) is 11.3. The molecule has 0 fully saturated rings. The summed E-state index contributed by atoms with van der Waals surface area (Å²) in [5.74, 6) is -0.156. The topological polar surface area (TPSA) is 89.8 Å². The lowest BCUT2D eigenvalue weighted by atomic mass is 10.0. The summed E-state index contributed by atoms with van der Waals surface area (Å²) in [5.41, 5.74) is 0. The van der Waals surface area contributed by atoms with E-state index in [1.165, 1.54) is 193 Å². The Bertz CT molecular complexity index is 799. The van der Waals surface area contributed by atoms with Gasteiger partial charge in [-0.1, -0.05) is 212 Å². The first-order valence-electron chi connectivity index (χ1n) is 24.1. The molecule has 0 heterocycles.